The van der Waals surface area contributed by atoms with Gasteiger partial charge in [0.15, 0.2) is 5.82 Å². The lowest BCUT2D eigenvalue weighted by atomic mass is 10.1. The van der Waals surface area contributed by atoms with Crippen molar-refractivity contribution in [2.24, 2.45) is 0 Å². The number of anilines is 1. The van der Waals surface area contributed by atoms with Crippen LogP contribution >= 0.6 is 0 Å². The number of hydrogen-bond donors (Lipinski definition) is 1. The Morgan fingerprint density at radius 1 is 0.861 bits per heavy atom. The zero-order chi connectivity index (χ0) is 26.2. The van der Waals surface area contributed by atoms with Gasteiger partial charge in [0.1, 0.15) is 17.3 Å². The molecule has 36 heavy (non-hydrogen) atoms. The number of aromatic nitrogens is 4. The zero-order valence-corrected chi connectivity index (χ0v) is 22.2. The van der Waals surface area contributed by atoms with Crippen molar-refractivity contribution in [1.82, 2.24) is 19.7 Å². The number of methoxy groups -OCH3 is 1. The number of aryl methyl sites for hydroxylation is 2. The molecule has 4 rings (SSSR count). The third-order valence-corrected chi connectivity index (χ3v) is 7.72. The number of benzene rings is 2. The maximum atomic E-state index is 13.0. The maximum Gasteiger partial charge on any atom is 0.262 e. The standard InChI is InChI=1S/C26H29N5O4S/c1-15-16(2)24(13-12-23(15)34-7)36(32,33)30-21-8-10-22(11-9-21)35-26-14-25(27-20(6)28-26)31-19(5)17(3)18(4)29-31/h8-14,30H,1-7H3. The Bertz CT molecular complexity index is 1540. The van der Waals surface area contributed by atoms with E-state index in [0.29, 0.717) is 40.3 Å². The smallest absolute Gasteiger partial charge is 0.262 e. The van der Waals surface area contributed by atoms with Crippen LogP contribution < -0.4 is 14.2 Å². The number of hydrogen-bond acceptors (Lipinski definition) is 7. The molecule has 0 aliphatic carbocycles. The first-order chi connectivity index (χ1) is 17.0. The molecule has 10 heteroatoms. The molecule has 2 heterocycles. The van der Waals surface area contributed by atoms with Gasteiger partial charge in [-0.05, 0) is 94.6 Å². The Hall–Kier alpha value is -3.92. The molecule has 0 amide bonds. The fourth-order valence-corrected chi connectivity index (χ4v) is 5.19. The largest absolute Gasteiger partial charge is 0.496 e. The van der Waals surface area contributed by atoms with Crippen LogP contribution in [0.15, 0.2) is 47.4 Å². The summed E-state index contributed by atoms with van der Waals surface area (Å²) in [5.74, 6) is 2.66. The summed E-state index contributed by atoms with van der Waals surface area (Å²) < 4.78 is 41.6. The van der Waals surface area contributed by atoms with E-state index in [1.807, 2.05) is 27.7 Å². The van der Waals surface area contributed by atoms with Gasteiger partial charge in [-0.2, -0.15) is 10.1 Å². The first-order valence-electron chi connectivity index (χ1n) is 11.3. The highest BCUT2D eigenvalue weighted by Crippen LogP contribution is 2.29. The molecule has 1 N–H and O–H groups in total. The normalized spacial score (nSPS) is 11.4. The molecule has 0 bridgehead atoms. The summed E-state index contributed by atoms with van der Waals surface area (Å²) in [5.41, 5.74) is 4.85. The van der Waals surface area contributed by atoms with E-state index in [9.17, 15) is 8.42 Å². The molecule has 0 spiro atoms. The van der Waals surface area contributed by atoms with E-state index >= 15 is 0 Å². The molecule has 4 aromatic rings. The maximum absolute atomic E-state index is 13.0. The molecule has 0 aliphatic heterocycles. The van der Waals surface area contributed by atoms with Gasteiger partial charge in [-0.3, -0.25) is 4.72 Å². The van der Waals surface area contributed by atoms with Crippen molar-refractivity contribution >= 4 is 15.7 Å². The van der Waals surface area contributed by atoms with E-state index in [4.69, 9.17) is 9.47 Å². The highest BCUT2D eigenvalue weighted by Gasteiger charge is 2.20. The highest BCUT2D eigenvalue weighted by molar-refractivity contribution is 7.92. The van der Waals surface area contributed by atoms with Crippen molar-refractivity contribution in [3.63, 3.8) is 0 Å². The minimum Gasteiger partial charge on any atom is -0.496 e. The van der Waals surface area contributed by atoms with Crippen molar-refractivity contribution in [3.05, 3.63) is 76.4 Å². The number of nitrogens with one attached hydrogen (secondary N) is 1. The summed E-state index contributed by atoms with van der Waals surface area (Å²) >= 11 is 0. The zero-order valence-electron chi connectivity index (χ0n) is 21.4. The molecule has 2 aromatic carbocycles. The Kier molecular flexibility index (Phi) is 6.73. The van der Waals surface area contributed by atoms with E-state index in [2.05, 4.69) is 19.8 Å². The van der Waals surface area contributed by atoms with Gasteiger partial charge in [-0.15, -0.1) is 0 Å². The molecule has 9 nitrogen and oxygen atoms in total. The molecule has 188 valence electrons. The number of nitrogens with zero attached hydrogens (tertiary/aromatic N) is 4. The van der Waals surface area contributed by atoms with Crippen LogP contribution in [0.25, 0.3) is 5.82 Å². The third kappa shape index (κ3) is 4.90. The molecule has 0 saturated carbocycles. The molecule has 0 atom stereocenters. The van der Waals surface area contributed by atoms with Gasteiger partial charge in [-0.1, -0.05) is 0 Å². The van der Waals surface area contributed by atoms with E-state index in [1.54, 1.807) is 68.1 Å². The quantitative estimate of drug-likeness (QED) is 0.370. The lowest BCUT2D eigenvalue weighted by Crippen LogP contribution is -2.15. The minimum atomic E-state index is -3.79. The van der Waals surface area contributed by atoms with E-state index in [0.717, 1.165) is 22.5 Å². The summed E-state index contributed by atoms with van der Waals surface area (Å²) in [6, 6.07) is 11.5. The van der Waals surface area contributed by atoms with Gasteiger partial charge in [-0.25, -0.2) is 18.1 Å². The molecule has 0 aliphatic rings. The molecule has 0 radical (unpaired) electrons. The predicted octanol–water partition coefficient (Wildman–Crippen LogP) is 5.11. The monoisotopic (exact) mass is 507 g/mol. The number of rotatable bonds is 7. The van der Waals surface area contributed by atoms with Crippen molar-refractivity contribution in [1.29, 1.82) is 0 Å². The molecule has 0 saturated heterocycles. The van der Waals surface area contributed by atoms with Crippen LogP contribution in [-0.4, -0.2) is 35.3 Å². The fraction of sp³-hybridized carbons (Fsp3) is 0.269. The van der Waals surface area contributed by atoms with Gasteiger partial charge in [0.05, 0.1) is 17.7 Å². The average molecular weight is 508 g/mol. The first kappa shape index (κ1) is 25.2. The summed E-state index contributed by atoms with van der Waals surface area (Å²) in [4.78, 5) is 9.06. The van der Waals surface area contributed by atoms with Gasteiger partial charge >= 0.3 is 0 Å². The van der Waals surface area contributed by atoms with E-state index < -0.39 is 10.0 Å². The Labute approximate surface area is 211 Å². The van der Waals surface area contributed by atoms with E-state index in [1.165, 1.54) is 0 Å². The number of ether oxygens (including phenoxy) is 2. The van der Waals surface area contributed by atoms with Crippen LogP contribution in [0.4, 0.5) is 5.69 Å². The molecular weight excluding hydrogens is 478 g/mol. The Balaban J connectivity index is 1.54. The Morgan fingerprint density at radius 2 is 1.56 bits per heavy atom. The van der Waals surface area contributed by atoms with Crippen LogP contribution in [0.2, 0.25) is 0 Å². The second kappa shape index (κ2) is 9.62. The van der Waals surface area contributed by atoms with E-state index in [-0.39, 0.29) is 4.90 Å². The van der Waals surface area contributed by atoms with Crippen LogP contribution in [0.1, 0.15) is 33.9 Å². The minimum absolute atomic E-state index is 0.199. The second-order valence-electron chi connectivity index (χ2n) is 8.57. The number of sulfonamides is 1. The SMILES string of the molecule is COc1ccc(S(=O)(=O)Nc2ccc(Oc3cc(-n4nc(C)c(C)c4C)nc(C)n3)cc2)c(C)c1C. The lowest BCUT2D eigenvalue weighted by molar-refractivity contribution is 0.410. The summed E-state index contributed by atoms with van der Waals surface area (Å²) in [7, 11) is -2.23. The van der Waals surface area contributed by atoms with Gasteiger partial charge in [0.2, 0.25) is 5.88 Å². The summed E-state index contributed by atoms with van der Waals surface area (Å²) in [6.07, 6.45) is 0. The second-order valence-corrected chi connectivity index (χ2v) is 10.2. The van der Waals surface area contributed by atoms with Crippen molar-refractivity contribution in [2.45, 2.75) is 46.4 Å². The summed E-state index contributed by atoms with van der Waals surface area (Å²) in [5, 5.41) is 4.56. The van der Waals surface area contributed by atoms with Crippen molar-refractivity contribution in [2.75, 3.05) is 11.8 Å². The van der Waals surface area contributed by atoms with Crippen molar-refractivity contribution < 1.29 is 17.9 Å². The van der Waals surface area contributed by atoms with Crippen LogP contribution in [0.5, 0.6) is 17.4 Å². The highest BCUT2D eigenvalue weighted by atomic mass is 32.2. The molecular formula is C26H29N5O4S. The third-order valence-electron chi connectivity index (χ3n) is 6.20. The molecule has 0 unspecified atom stereocenters. The van der Waals surface area contributed by atoms with Crippen LogP contribution in [0, 0.1) is 41.5 Å². The summed E-state index contributed by atoms with van der Waals surface area (Å²) in [6.45, 7) is 11.3. The van der Waals surface area contributed by atoms with Gasteiger partial charge in [0.25, 0.3) is 10.0 Å². The fourth-order valence-electron chi connectivity index (χ4n) is 3.83. The average Bonchev–Trinajstić information content (AvgIpc) is 3.08. The molecule has 2 aromatic heterocycles. The van der Waals surface area contributed by atoms with Crippen molar-refractivity contribution in [3.8, 4) is 23.2 Å². The Morgan fingerprint density at radius 3 is 2.17 bits per heavy atom. The topological polar surface area (TPSA) is 108 Å². The van der Waals surface area contributed by atoms with Gasteiger partial charge in [0, 0.05) is 17.4 Å². The van der Waals surface area contributed by atoms with Crippen LogP contribution in [0.3, 0.4) is 0 Å². The van der Waals surface area contributed by atoms with Gasteiger partial charge < -0.3 is 9.47 Å². The first-order valence-corrected chi connectivity index (χ1v) is 12.8. The molecule has 0 fully saturated rings. The lowest BCUT2D eigenvalue weighted by Gasteiger charge is -2.14. The predicted molar refractivity (Wildman–Crippen MR) is 138 cm³/mol. The van der Waals surface area contributed by atoms with Crippen LogP contribution in [-0.2, 0) is 10.0 Å².